The summed E-state index contributed by atoms with van der Waals surface area (Å²) < 4.78 is 0. The highest BCUT2D eigenvalue weighted by Crippen LogP contribution is 2.04. The zero-order chi connectivity index (χ0) is 12.6. The molecule has 0 aromatic heterocycles. The molecule has 95 valence electrons. The van der Waals surface area contributed by atoms with E-state index in [1.165, 1.54) is 0 Å². The quantitative estimate of drug-likeness (QED) is 0.516. The van der Waals surface area contributed by atoms with Crippen molar-refractivity contribution in [2.75, 3.05) is 20.1 Å². The fraction of sp³-hybridized carbons (Fsp3) is 1.00. The molecule has 4 heteroatoms. The Hall–Kier alpha value is -0.0551. The molecule has 0 saturated carbocycles. The lowest BCUT2D eigenvalue weighted by atomic mass is 9.60. The van der Waals surface area contributed by atoms with Gasteiger partial charge in [-0.1, -0.05) is 26.6 Å². The maximum absolute atomic E-state index is 9.78. The van der Waals surface area contributed by atoms with Gasteiger partial charge in [0.15, 0.2) is 7.28 Å². The molecule has 0 rings (SSSR count). The van der Waals surface area contributed by atoms with Crippen LogP contribution in [0.1, 0.15) is 34.1 Å². The van der Waals surface area contributed by atoms with Crippen molar-refractivity contribution < 1.29 is 5.11 Å². The van der Waals surface area contributed by atoms with E-state index in [4.69, 9.17) is 0 Å². The Kier molecular flexibility index (Phi) is 8.99. The number of aliphatic hydroxyl groups is 1. The van der Waals surface area contributed by atoms with E-state index in [9.17, 15) is 5.11 Å². The van der Waals surface area contributed by atoms with Gasteiger partial charge in [-0.05, 0) is 32.9 Å². The highest BCUT2D eigenvalue weighted by molar-refractivity contribution is 6.39. The van der Waals surface area contributed by atoms with Gasteiger partial charge in [-0.25, -0.2) is 0 Å². The van der Waals surface area contributed by atoms with Crippen LogP contribution in [0.4, 0.5) is 0 Å². The van der Waals surface area contributed by atoms with E-state index in [2.05, 4.69) is 38.3 Å². The molecule has 16 heavy (non-hydrogen) atoms. The summed E-state index contributed by atoms with van der Waals surface area (Å²) in [4.78, 5) is 0. The Labute approximate surface area is 102 Å². The Balaban J connectivity index is 3.59. The van der Waals surface area contributed by atoms with Crippen LogP contribution in [-0.4, -0.2) is 44.6 Å². The van der Waals surface area contributed by atoms with Gasteiger partial charge in [0.2, 0.25) is 0 Å². The van der Waals surface area contributed by atoms with Crippen LogP contribution in [0.15, 0.2) is 0 Å². The average Bonchev–Trinajstić information content (AvgIpc) is 2.14. The molecule has 1 radical (unpaired) electrons. The molecule has 0 aromatic rings. The van der Waals surface area contributed by atoms with Crippen LogP contribution >= 0.6 is 0 Å². The first-order valence-electron chi connectivity index (χ1n) is 6.36. The van der Waals surface area contributed by atoms with Gasteiger partial charge in [-0.3, -0.25) is 0 Å². The predicted molar refractivity (Wildman–Crippen MR) is 72.0 cm³/mol. The van der Waals surface area contributed by atoms with Crippen molar-refractivity contribution in [3.05, 3.63) is 0 Å². The second kappa shape index (κ2) is 9.02. The molecule has 3 nitrogen and oxygen atoms in total. The summed E-state index contributed by atoms with van der Waals surface area (Å²) in [5.41, 5.74) is 0. The van der Waals surface area contributed by atoms with E-state index in [-0.39, 0.29) is 6.00 Å². The highest BCUT2D eigenvalue weighted by Gasteiger charge is 2.13. The Bertz CT molecular complexity index is 167. The van der Waals surface area contributed by atoms with Crippen molar-refractivity contribution in [1.29, 1.82) is 0 Å². The average molecular weight is 227 g/mol. The molecule has 0 saturated heterocycles. The van der Waals surface area contributed by atoms with Crippen molar-refractivity contribution in [2.24, 2.45) is 5.92 Å². The first-order chi connectivity index (χ1) is 7.45. The molecular weight excluding hydrogens is 199 g/mol. The fourth-order valence-electron chi connectivity index (χ4n) is 1.95. The van der Waals surface area contributed by atoms with E-state index < -0.39 is 0 Å². The summed E-state index contributed by atoms with van der Waals surface area (Å²) in [6.45, 7) is 10.3. The topological polar surface area (TPSA) is 44.3 Å². The van der Waals surface area contributed by atoms with Crippen molar-refractivity contribution in [3.8, 4) is 0 Å². The largest absolute Gasteiger partial charge is 0.401 e. The number of hydrogen-bond donors (Lipinski definition) is 3. The highest BCUT2D eigenvalue weighted by atomic mass is 16.3. The number of rotatable bonds is 9. The van der Waals surface area contributed by atoms with Gasteiger partial charge in [-0.2, -0.15) is 0 Å². The predicted octanol–water partition coefficient (Wildman–Crippen LogP) is 1.06. The van der Waals surface area contributed by atoms with Crippen LogP contribution < -0.4 is 10.6 Å². The van der Waals surface area contributed by atoms with Crippen LogP contribution in [0.5, 0.6) is 0 Å². The number of aliphatic hydroxyl groups excluding tert-OH is 1. The smallest absolute Gasteiger partial charge is 0.155 e. The monoisotopic (exact) mass is 227 g/mol. The molecular formula is C12H28BN2O. The minimum Gasteiger partial charge on any atom is -0.401 e. The zero-order valence-corrected chi connectivity index (χ0v) is 11.5. The van der Waals surface area contributed by atoms with Gasteiger partial charge in [0.25, 0.3) is 0 Å². The van der Waals surface area contributed by atoms with Gasteiger partial charge in [0, 0.05) is 18.6 Å². The van der Waals surface area contributed by atoms with Crippen LogP contribution in [0.3, 0.4) is 0 Å². The molecule has 0 aliphatic rings. The third-order valence-electron chi connectivity index (χ3n) is 2.58. The maximum atomic E-state index is 9.78. The van der Waals surface area contributed by atoms with E-state index in [0.29, 0.717) is 24.3 Å². The molecule has 0 aromatic carbocycles. The second-order valence-electron chi connectivity index (χ2n) is 5.23. The van der Waals surface area contributed by atoms with Crippen LogP contribution in [0, 0.1) is 5.92 Å². The lowest BCUT2D eigenvalue weighted by molar-refractivity contribution is 0.236. The molecule has 0 aliphatic heterocycles. The molecule has 0 amide bonds. The number of hydrogen-bond acceptors (Lipinski definition) is 3. The van der Waals surface area contributed by atoms with Gasteiger partial charge in [0.1, 0.15) is 0 Å². The molecule has 0 aliphatic carbocycles. The van der Waals surface area contributed by atoms with E-state index >= 15 is 0 Å². The standard InChI is InChI=1S/C12H28BN2O/c1-9(2)6-11(4)15-8-12(16)13-10(3)7-14-5/h9-12,14-16H,6-8H2,1-5H3. The molecule has 0 fully saturated rings. The van der Waals surface area contributed by atoms with Crippen molar-refractivity contribution in [2.45, 2.75) is 52.0 Å². The fourth-order valence-corrected chi connectivity index (χ4v) is 1.95. The van der Waals surface area contributed by atoms with Crippen LogP contribution in [0.2, 0.25) is 5.82 Å². The summed E-state index contributed by atoms with van der Waals surface area (Å²) in [6, 6.07) is 0.126. The van der Waals surface area contributed by atoms with E-state index in [1.807, 2.05) is 14.3 Å². The zero-order valence-electron chi connectivity index (χ0n) is 11.5. The molecule has 0 heterocycles. The molecule has 3 N–H and O–H groups in total. The first-order valence-corrected chi connectivity index (χ1v) is 6.36. The van der Waals surface area contributed by atoms with Gasteiger partial charge in [0.05, 0.1) is 0 Å². The third-order valence-corrected chi connectivity index (χ3v) is 2.58. The molecule has 3 unspecified atom stereocenters. The molecule has 0 spiro atoms. The summed E-state index contributed by atoms with van der Waals surface area (Å²) in [5.74, 6) is 1.11. The maximum Gasteiger partial charge on any atom is 0.155 e. The van der Waals surface area contributed by atoms with Gasteiger partial charge < -0.3 is 15.7 Å². The minimum atomic E-state index is -0.349. The van der Waals surface area contributed by atoms with E-state index in [0.717, 1.165) is 13.0 Å². The third kappa shape index (κ3) is 9.19. The summed E-state index contributed by atoms with van der Waals surface area (Å²) in [6.07, 6.45) is 1.15. The van der Waals surface area contributed by atoms with Crippen LogP contribution in [0.25, 0.3) is 0 Å². The lowest BCUT2D eigenvalue weighted by Crippen LogP contribution is -2.39. The summed E-state index contributed by atoms with van der Waals surface area (Å²) in [7, 11) is 3.92. The Morgan fingerprint density at radius 2 is 1.75 bits per heavy atom. The second-order valence-corrected chi connectivity index (χ2v) is 5.23. The molecule has 3 atom stereocenters. The summed E-state index contributed by atoms with van der Waals surface area (Å²) in [5, 5.41) is 16.2. The van der Waals surface area contributed by atoms with Gasteiger partial charge >= 0.3 is 0 Å². The Morgan fingerprint density at radius 3 is 2.25 bits per heavy atom. The van der Waals surface area contributed by atoms with Crippen molar-refractivity contribution in [1.82, 2.24) is 10.6 Å². The SMILES string of the molecule is CNCC(C)[B]C(O)CNC(C)CC(C)C. The van der Waals surface area contributed by atoms with E-state index in [1.54, 1.807) is 0 Å². The van der Waals surface area contributed by atoms with Crippen molar-refractivity contribution in [3.63, 3.8) is 0 Å². The van der Waals surface area contributed by atoms with Crippen LogP contribution in [-0.2, 0) is 0 Å². The molecule has 0 bridgehead atoms. The van der Waals surface area contributed by atoms with Crippen molar-refractivity contribution >= 4 is 7.28 Å². The normalized spacial score (nSPS) is 17.2. The van der Waals surface area contributed by atoms with Gasteiger partial charge in [-0.15, -0.1) is 0 Å². The Morgan fingerprint density at radius 1 is 1.12 bits per heavy atom. The summed E-state index contributed by atoms with van der Waals surface area (Å²) >= 11 is 0. The first kappa shape index (κ1) is 15.9. The minimum absolute atomic E-state index is 0.349. The number of nitrogens with one attached hydrogen (secondary N) is 2. The lowest BCUT2D eigenvalue weighted by Gasteiger charge is -2.20.